The Bertz CT molecular complexity index is 681. The molecule has 2 aromatic rings. The van der Waals surface area contributed by atoms with Crippen molar-refractivity contribution in [1.29, 1.82) is 0 Å². The summed E-state index contributed by atoms with van der Waals surface area (Å²) in [6, 6.07) is 9.04. The minimum Gasteiger partial charge on any atom is -0.315 e. The van der Waals surface area contributed by atoms with Gasteiger partial charge in [0.2, 0.25) is 10.0 Å². The van der Waals surface area contributed by atoms with E-state index in [1.807, 2.05) is 12.1 Å². The molecule has 0 saturated heterocycles. The van der Waals surface area contributed by atoms with Crippen LogP contribution < -0.4 is 10.0 Å². The Morgan fingerprint density at radius 3 is 2.57 bits per heavy atom. The molecular formula is C14H17ClN2O2S2. The van der Waals surface area contributed by atoms with E-state index < -0.39 is 10.0 Å². The molecule has 1 aromatic heterocycles. The van der Waals surface area contributed by atoms with Gasteiger partial charge >= 0.3 is 0 Å². The maximum Gasteiger partial charge on any atom is 0.241 e. The predicted octanol–water partition coefficient (Wildman–Crippen LogP) is 2.64. The van der Waals surface area contributed by atoms with Crippen molar-refractivity contribution in [3.8, 4) is 0 Å². The molecule has 0 bridgehead atoms. The number of benzene rings is 1. The standard InChI is InChI=1S/C14H17ClN2O2S2/c1-16-10-13-14(7-9-20-13)21(18,19)17-8-6-11-2-4-12(15)5-3-11/h2-5,7,9,16-17H,6,8,10H2,1H3. The van der Waals surface area contributed by atoms with Gasteiger partial charge in [-0.05, 0) is 42.6 Å². The van der Waals surface area contributed by atoms with E-state index in [0.29, 0.717) is 29.4 Å². The molecule has 0 aliphatic rings. The Morgan fingerprint density at radius 2 is 1.90 bits per heavy atom. The minimum atomic E-state index is -3.45. The molecule has 1 heterocycles. The van der Waals surface area contributed by atoms with E-state index in [1.165, 1.54) is 11.3 Å². The van der Waals surface area contributed by atoms with Crippen LogP contribution in [0.15, 0.2) is 40.6 Å². The van der Waals surface area contributed by atoms with E-state index in [1.54, 1.807) is 30.6 Å². The molecule has 0 spiro atoms. The number of thiophene rings is 1. The predicted molar refractivity (Wildman–Crippen MR) is 87.4 cm³/mol. The fourth-order valence-corrected chi connectivity index (χ4v) is 4.53. The zero-order valence-corrected chi connectivity index (χ0v) is 14.0. The van der Waals surface area contributed by atoms with Gasteiger partial charge < -0.3 is 5.32 Å². The highest BCUT2D eigenvalue weighted by molar-refractivity contribution is 7.89. The Balaban J connectivity index is 1.98. The van der Waals surface area contributed by atoms with Crippen LogP contribution in [0.4, 0.5) is 0 Å². The van der Waals surface area contributed by atoms with E-state index in [2.05, 4.69) is 10.0 Å². The van der Waals surface area contributed by atoms with Crippen molar-refractivity contribution in [1.82, 2.24) is 10.0 Å². The van der Waals surface area contributed by atoms with Gasteiger partial charge in [-0.25, -0.2) is 13.1 Å². The molecule has 0 atom stereocenters. The first kappa shape index (κ1) is 16.5. The van der Waals surface area contributed by atoms with Crippen LogP contribution in [-0.4, -0.2) is 22.0 Å². The first-order valence-corrected chi connectivity index (χ1v) is 9.22. The van der Waals surface area contributed by atoms with Crippen molar-refractivity contribution in [2.75, 3.05) is 13.6 Å². The van der Waals surface area contributed by atoms with Crippen molar-refractivity contribution in [3.05, 3.63) is 51.2 Å². The fraction of sp³-hybridized carbons (Fsp3) is 0.286. The lowest BCUT2D eigenvalue weighted by Gasteiger charge is -2.08. The largest absolute Gasteiger partial charge is 0.315 e. The van der Waals surface area contributed by atoms with Crippen molar-refractivity contribution < 1.29 is 8.42 Å². The lowest BCUT2D eigenvalue weighted by atomic mass is 10.2. The van der Waals surface area contributed by atoms with Crippen LogP contribution >= 0.6 is 22.9 Å². The molecule has 1 aromatic carbocycles. The highest BCUT2D eigenvalue weighted by Crippen LogP contribution is 2.21. The van der Waals surface area contributed by atoms with Crippen molar-refractivity contribution in [2.24, 2.45) is 0 Å². The molecule has 0 unspecified atom stereocenters. The molecule has 0 amide bonds. The van der Waals surface area contributed by atoms with Gasteiger partial charge in [0, 0.05) is 23.0 Å². The SMILES string of the molecule is CNCc1sccc1S(=O)(=O)NCCc1ccc(Cl)cc1. The summed E-state index contributed by atoms with van der Waals surface area (Å²) >= 11 is 7.25. The van der Waals surface area contributed by atoms with E-state index in [0.717, 1.165) is 10.4 Å². The monoisotopic (exact) mass is 344 g/mol. The Morgan fingerprint density at radius 1 is 1.19 bits per heavy atom. The molecule has 114 valence electrons. The first-order valence-electron chi connectivity index (χ1n) is 6.48. The van der Waals surface area contributed by atoms with Crippen molar-refractivity contribution in [2.45, 2.75) is 17.9 Å². The quantitative estimate of drug-likeness (QED) is 0.811. The minimum absolute atomic E-state index is 0.359. The number of nitrogens with one attached hydrogen (secondary N) is 2. The molecule has 0 saturated carbocycles. The first-order chi connectivity index (χ1) is 10.0. The molecular weight excluding hydrogens is 328 g/mol. The molecule has 2 rings (SSSR count). The van der Waals surface area contributed by atoms with Gasteiger partial charge in [0.1, 0.15) is 0 Å². The number of halogens is 1. The summed E-state index contributed by atoms with van der Waals surface area (Å²) in [6.45, 7) is 0.907. The molecule has 7 heteroatoms. The van der Waals surface area contributed by atoms with Crippen molar-refractivity contribution in [3.63, 3.8) is 0 Å². The van der Waals surface area contributed by atoms with Crippen LogP contribution in [0, 0.1) is 0 Å². The number of hydrogen-bond acceptors (Lipinski definition) is 4. The third-order valence-corrected chi connectivity index (χ3v) is 5.80. The van der Waals surface area contributed by atoms with Gasteiger partial charge in [0.05, 0.1) is 4.90 Å². The number of rotatable bonds is 7. The molecule has 0 aliphatic heterocycles. The number of hydrogen-bond donors (Lipinski definition) is 2. The van der Waals surface area contributed by atoms with Crippen LogP contribution in [0.25, 0.3) is 0 Å². The summed E-state index contributed by atoms with van der Waals surface area (Å²) in [5, 5.41) is 5.44. The van der Waals surface area contributed by atoms with Crippen LogP contribution in [-0.2, 0) is 23.0 Å². The Labute approximate surface area is 134 Å². The van der Waals surface area contributed by atoms with E-state index in [9.17, 15) is 8.42 Å². The van der Waals surface area contributed by atoms with Gasteiger partial charge in [-0.3, -0.25) is 0 Å². The summed E-state index contributed by atoms with van der Waals surface area (Å²) in [4.78, 5) is 1.18. The van der Waals surface area contributed by atoms with Gasteiger partial charge in [0.25, 0.3) is 0 Å². The lowest BCUT2D eigenvalue weighted by molar-refractivity contribution is 0.580. The van der Waals surface area contributed by atoms with Crippen LogP contribution in [0.3, 0.4) is 0 Å². The smallest absolute Gasteiger partial charge is 0.241 e. The van der Waals surface area contributed by atoms with E-state index in [4.69, 9.17) is 11.6 Å². The fourth-order valence-electron chi connectivity index (χ4n) is 1.92. The van der Waals surface area contributed by atoms with E-state index >= 15 is 0 Å². The summed E-state index contributed by atoms with van der Waals surface area (Å²) in [7, 11) is -1.66. The molecule has 0 fully saturated rings. The Kier molecular flexibility index (Phi) is 5.78. The highest BCUT2D eigenvalue weighted by atomic mass is 35.5. The van der Waals surface area contributed by atoms with E-state index in [-0.39, 0.29) is 0 Å². The summed E-state index contributed by atoms with van der Waals surface area (Å²) in [5.74, 6) is 0. The third kappa shape index (κ3) is 4.52. The Hall–Kier alpha value is -0.920. The van der Waals surface area contributed by atoms with Gasteiger partial charge in [-0.15, -0.1) is 11.3 Å². The normalized spacial score (nSPS) is 11.7. The van der Waals surface area contributed by atoms with Crippen LogP contribution in [0.2, 0.25) is 5.02 Å². The second kappa shape index (κ2) is 7.38. The molecule has 21 heavy (non-hydrogen) atoms. The zero-order valence-electron chi connectivity index (χ0n) is 11.6. The number of sulfonamides is 1. The van der Waals surface area contributed by atoms with Gasteiger partial charge in [-0.1, -0.05) is 23.7 Å². The summed E-state index contributed by atoms with van der Waals surface area (Å²) in [5.41, 5.74) is 1.04. The maximum atomic E-state index is 12.3. The van der Waals surface area contributed by atoms with Gasteiger partial charge in [-0.2, -0.15) is 0 Å². The molecule has 0 aliphatic carbocycles. The second-order valence-electron chi connectivity index (χ2n) is 4.51. The lowest BCUT2D eigenvalue weighted by Crippen LogP contribution is -2.26. The molecule has 2 N–H and O–H groups in total. The zero-order chi connectivity index (χ0) is 15.3. The van der Waals surface area contributed by atoms with Crippen LogP contribution in [0.1, 0.15) is 10.4 Å². The second-order valence-corrected chi connectivity index (χ2v) is 7.69. The molecule has 4 nitrogen and oxygen atoms in total. The molecule has 0 radical (unpaired) electrons. The maximum absolute atomic E-state index is 12.3. The summed E-state index contributed by atoms with van der Waals surface area (Å²) in [6.07, 6.45) is 0.627. The highest BCUT2D eigenvalue weighted by Gasteiger charge is 2.18. The summed E-state index contributed by atoms with van der Waals surface area (Å²) < 4.78 is 27.2. The van der Waals surface area contributed by atoms with Gasteiger partial charge in [0.15, 0.2) is 0 Å². The third-order valence-electron chi connectivity index (χ3n) is 2.95. The van der Waals surface area contributed by atoms with Crippen molar-refractivity contribution >= 4 is 33.0 Å². The van der Waals surface area contributed by atoms with Crippen LogP contribution in [0.5, 0.6) is 0 Å². The topological polar surface area (TPSA) is 58.2 Å². The average molecular weight is 345 g/mol. The average Bonchev–Trinajstić information content (AvgIpc) is 2.90.